The van der Waals surface area contributed by atoms with E-state index >= 15 is 0 Å². The number of nitrogens with zero attached hydrogens (tertiary/aromatic N) is 2. The van der Waals surface area contributed by atoms with Crippen LogP contribution < -0.4 is 0 Å². The summed E-state index contributed by atoms with van der Waals surface area (Å²) in [6, 6.07) is 0. The zero-order valence-electron chi connectivity index (χ0n) is 6.58. The van der Waals surface area contributed by atoms with Gasteiger partial charge in [-0.2, -0.15) is 0 Å². The van der Waals surface area contributed by atoms with Crippen molar-refractivity contribution in [2.45, 2.75) is 32.8 Å². The van der Waals surface area contributed by atoms with Gasteiger partial charge in [0.25, 0.3) is 0 Å². The van der Waals surface area contributed by atoms with E-state index < -0.39 is 0 Å². The van der Waals surface area contributed by atoms with E-state index in [1.807, 2.05) is 0 Å². The van der Waals surface area contributed by atoms with E-state index in [0.717, 1.165) is 29.8 Å². The minimum absolute atomic E-state index is 0.0801. The fourth-order valence-electron chi connectivity index (χ4n) is 0.881. The second kappa shape index (κ2) is 4.41. The van der Waals surface area contributed by atoms with Crippen LogP contribution >= 0.6 is 11.5 Å². The molecule has 0 amide bonds. The quantitative estimate of drug-likeness (QED) is 0.746. The fourth-order valence-corrected chi connectivity index (χ4v) is 1.43. The Morgan fingerprint density at radius 2 is 2.36 bits per heavy atom. The van der Waals surface area contributed by atoms with Crippen LogP contribution in [0.25, 0.3) is 0 Å². The Morgan fingerprint density at radius 3 is 3.00 bits per heavy atom. The molecule has 0 unspecified atom stereocenters. The number of unbranched alkanes of at least 4 members (excludes halogenated alkanes) is 1. The minimum atomic E-state index is 0.0801. The zero-order chi connectivity index (χ0) is 8.10. The Kier molecular flexibility index (Phi) is 3.45. The molecule has 1 N–H and O–H groups in total. The van der Waals surface area contributed by atoms with Gasteiger partial charge in [-0.15, -0.1) is 5.10 Å². The third-order valence-corrected chi connectivity index (χ3v) is 2.29. The Hall–Kier alpha value is -0.480. The Labute approximate surface area is 70.2 Å². The van der Waals surface area contributed by atoms with E-state index in [-0.39, 0.29) is 6.61 Å². The Morgan fingerprint density at radius 1 is 1.55 bits per heavy atom. The van der Waals surface area contributed by atoms with Gasteiger partial charge in [0.1, 0.15) is 0 Å². The first-order chi connectivity index (χ1) is 5.38. The second-order valence-electron chi connectivity index (χ2n) is 2.40. The molecule has 0 spiro atoms. The molecular formula is C7H12N2OS. The van der Waals surface area contributed by atoms with Crippen molar-refractivity contribution in [1.82, 2.24) is 9.59 Å². The van der Waals surface area contributed by atoms with Crippen LogP contribution in [0.5, 0.6) is 0 Å². The van der Waals surface area contributed by atoms with Crippen molar-refractivity contribution in [1.29, 1.82) is 0 Å². The highest BCUT2D eigenvalue weighted by Gasteiger charge is 2.04. The van der Waals surface area contributed by atoms with Crippen LogP contribution in [0, 0.1) is 0 Å². The van der Waals surface area contributed by atoms with Crippen LogP contribution in [-0.2, 0) is 13.0 Å². The highest BCUT2D eigenvalue weighted by atomic mass is 32.1. The van der Waals surface area contributed by atoms with Crippen molar-refractivity contribution in [2.75, 3.05) is 0 Å². The van der Waals surface area contributed by atoms with Crippen LogP contribution in [0.3, 0.4) is 0 Å². The Bertz CT molecular complexity index is 212. The summed E-state index contributed by atoms with van der Waals surface area (Å²) in [5.41, 5.74) is 0.972. The average Bonchev–Trinajstić information content (AvgIpc) is 2.47. The molecule has 3 nitrogen and oxygen atoms in total. The molecule has 1 rings (SSSR count). The number of aromatic nitrogens is 2. The van der Waals surface area contributed by atoms with Gasteiger partial charge in [-0.25, -0.2) is 0 Å². The number of aryl methyl sites for hydroxylation is 1. The van der Waals surface area contributed by atoms with E-state index in [0.29, 0.717) is 0 Å². The fraction of sp³-hybridized carbons (Fsp3) is 0.714. The molecule has 1 aromatic rings. The monoisotopic (exact) mass is 172 g/mol. The van der Waals surface area contributed by atoms with Gasteiger partial charge < -0.3 is 5.11 Å². The van der Waals surface area contributed by atoms with Crippen LogP contribution in [0.4, 0.5) is 0 Å². The van der Waals surface area contributed by atoms with Crippen molar-refractivity contribution < 1.29 is 5.11 Å². The normalized spacial score (nSPS) is 10.4. The summed E-state index contributed by atoms with van der Waals surface area (Å²) in [6.45, 7) is 2.22. The molecule has 0 radical (unpaired) electrons. The standard InChI is InChI=1S/C7H12N2OS/c1-2-3-4-6-7(5-10)11-9-8-6/h10H,2-5H2,1H3. The SMILES string of the molecule is CCCCc1nnsc1CO. The summed E-state index contributed by atoms with van der Waals surface area (Å²) in [6.07, 6.45) is 3.23. The van der Waals surface area contributed by atoms with Gasteiger partial charge in [0.15, 0.2) is 0 Å². The molecule has 62 valence electrons. The molecule has 0 aliphatic rings. The molecule has 4 heteroatoms. The third kappa shape index (κ3) is 2.24. The summed E-state index contributed by atoms with van der Waals surface area (Å²) in [4.78, 5) is 0.915. The van der Waals surface area contributed by atoms with Crippen LogP contribution in [-0.4, -0.2) is 14.7 Å². The number of aliphatic hydroxyl groups excluding tert-OH is 1. The van der Waals surface area contributed by atoms with Crippen LogP contribution in [0.15, 0.2) is 0 Å². The minimum Gasteiger partial charge on any atom is -0.391 e. The molecule has 0 atom stereocenters. The predicted octanol–water partition coefficient (Wildman–Crippen LogP) is 1.37. The largest absolute Gasteiger partial charge is 0.391 e. The number of hydrogen-bond donors (Lipinski definition) is 1. The van der Waals surface area contributed by atoms with Crippen molar-refractivity contribution in [2.24, 2.45) is 0 Å². The molecule has 0 saturated carbocycles. The first-order valence-electron chi connectivity index (χ1n) is 3.79. The topological polar surface area (TPSA) is 46.0 Å². The molecule has 1 heterocycles. The lowest BCUT2D eigenvalue weighted by molar-refractivity contribution is 0.284. The highest BCUT2D eigenvalue weighted by molar-refractivity contribution is 7.05. The van der Waals surface area contributed by atoms with E-state index in [9.17, 15) is 0 Å². The van der Waals surface area contributed by atoms with Gasteiger partial charge in [0, 0.05) is 0 Å². The highest BCUT2D eigenvalue weighted by Crippen LogP contribution is 2.12. The van der Waals surface area contributed by atoms with E-state index in [1.165, 1.54) is 11.5 Å². The van der Waals surface area contributed by atoms with E-state index in [2.05, 4.69) is 16.5 Å². The molecule has 0 fully saturated rings. The van der Waals surface area contributed by atoms with Crippen molar-refractivity contribution >= 4 is 11.5 Å². The summed E-state index contributed by atoms with van der Waals surface area (Å²) >= 11 is 1.29. The number of aliphatic hydroxyl groups is 1. The molecule has 0 aliphatic carbocycles. The van der Waals surface area contributed by atoms with Gasteiger partial charge in [-0.05, 0) is 24.4 Å². The van der Waals surface area contributed by atoms with Gasteiger partial charge in [0.05, 0.1) is 17.2 Å². The molecule has 0 aromatic carbocycles. The molecule has 0 aliphatic heterocycles. The first kappa shape index (κ1) is 8.62. The zero-order valence-corrected chi connectivity index (χ0v) is 7.39. The smallest absolute Gasteiger partial charge is 0.0811 e. The lowest BCUT2D eigenvalue weighted by Gasteiger charge is -1.94. The van der Waals surface area contributed by atoms with Crippen LogP contribution in [0.1, 0.15) is 30.3 Å². The lowest BCUT2D eigenvalue weighted by Crippen LogP contribution is -1.90. The summed E-state index contributed by atoms with van der Waals surface area (Å²) in [5.74, 6) is 0. The predicted molar refractivity (Wildman–Crippen MR) is 44.4 cm³/mol. The average molecular weight is 172 g/mol. The maximum Gasteiger partial charge on any atom is 0.0811 e. The lowest BCUT2D eigenvalue weighted by atomic mass is 10.2. The third-order valence-electron chi connectivity index (χ3n) is 1.55. The molecule has 0 bridgehead atoms. The van der Waals surface area contributed by atoms with E-state index in [4.69, 9.17) is 5.11 Å². The summed E-state index contributed by atoms with van der Waals surface area (Å²) < 4.78 is 3.78. The van der Waals surface area contributed by atoms with E-state index in [1.54, 1.807) is 0 Å². The van der Waals surface area contributed by atoms with Gasteiger partial charge in [-0.1, -0.05) is 17.8 Å². The number of hydrogen-bond acceptors (Lipinski definition) is 4. The molecule has 1 aromatic heterocycles. The van der Waals surface area contributed by atoms with Crippen molar-refractivity contribution in [3.8, 4) is 0 Å². The summed E-state index contributed by atoms with van der Waals surface area (Å²) in [7, 11) is 0. The van der Waals surface area contributed by atoms with Gasteiger partial charge in [-0.3, -0.25) is 0 Å². The van der Waals surface area contributed by atoms with Crippen molar-refractivity contribution in [3.63, 3.8) is 0 Å². The van der Waals surface area contributed by atoms with Crippen LogP contribution in [0.2, 0.25) is 0 Å². The molecule has 0 saturated heterocycles. The molecule has 11 heavy (non-hydrogen) atoms. The van der Waals surface area contributed by atoms with Crippen molar-refractivity contribution in [3.05, 3.63) is 10.6 Å². The van der Waals surface area contributed by atoms with Gasteiger partial charge in [0.2, 0.25) is 0 Å². The summed E-state index contributed by atoms with van der Waals surface area (Å²) in [5, 5.41) is 12.8. The second-order valence-corrected chi connectivity index (χ2v) is 3.24. The molecular weight excluding hydrogens is 160 g/mol. The maximum atomic E-state index is 8.84. The first-order valence-corrected chi connectivity index (χ1v) is 4.56. The Balaban J connectivity index is 2.54. The number of rotatable bonds is 4. The maximum absolute atomic E-state index is 8.84. The van der Waals surface area contributed by atoms with Gasteiger partial charge >= 0.3 is 0 Å².